The minimum atomic E-state index is -0.442. The number of hydrogen-bond acceptors (Lipinski definition) is 4. The first kappa shape index (κ1) is 11.6. The molecule has 0 aliphatic carbocycles. The second kappa shape index (κ2) is 5.45. The first-order valence-electron chi connectivity index (χ1n) is 5.09. The zero-order valence-corrected chi connectivity index (χ0v) is 9.10. The Morgan fingerprint density at radius 3 is 3.00 bits per heavy atom. The van der Waals surface area contributed by atoms with Crippen molar-refractivity contribution in [3.8, 4) is 0 Å². The fourth-order valence-corrected chi connectivity index (χ4v) is 1.16. The molecule has 0 spiro atoms. The van der Waals surface area contributed by atoms with Crippen molar-refractivity contribution in [3.63, 3.8) is 0 Å². The molecular weight excluding hydrogens is 194 g/mol. The van der Waals surface area contributed by atoms with Gasteiger partial charge in [-0.2, -0.15) is 0 Å². The zero-order chi connectivity index (χ0) is 11.3. The zero-order valence-electron chi connectivity index (χ0n) is 9.10. The van der Waals surface area contributed by atoms with Crippen molar-refractivity contribution in [2.45, 2.75) is 39.4 Å². The molecule has 0 fully saturated rings. The number of carbonyl (C=O) groups excluding carboxylic acids is 1. The van der Waals surface area contributed by atoms with Crippen LogP contribution in [0.4, 0.5) is 0 Å². The topological polar surface area (TPSA) is 85.8 Å². The Kier molecular flexibility index (Phi) is 4.23. The van der Waals surface area contributed by atoms with Crippen LogP contribution in [0.5, 0.6) is 0 Å². The van der Waals surface area contributed by atoms with Crippen molar-refractivity contribution < 1.29 is 4.79 Å². The number of aromatic nitrogens is 3. The van der Waals surface area contributed by atoms with Crippen LogP contribution in [0, 0.1) is 0 Å². The summed E-state index contributed by atoms with van der Waals surface area (Å²) in [7, 11) is 0. The maximum atomic E-state index is 11.4. The number of rotatable bonds is 5. The van der Waals surface area contributed by atoms with Crippen molar-refractivity contribution in [3.05, 3.63) is 12.2 Å². The van der Waals surface area contributed by atoms with Gasteiger partial charge < -0.3 is 15.6 Å². The molecule has 0 bridgehead atoms. The molecular formula is C9H17N5O. The maximum absolute atomic E-state index is 11.4. The Balaban J connectivity index is 2.47. The molecule has 1 atom stereocenters. The van der Waals surface area contributed by atoms with Gasteiger partial charge in [0.25, 0.3) is 0 Å². The summed E-state index contributed by atoms with van der Waals surface area (Å²) >= 11 is 0. The van der Waals surface area contributed by atoms with Gasteiger partial charge in [-0.05, 0) is 13.3 Å². The second-order valence-electron chi connectivity index (χ2n) is 3.27. The molecule has 1 aromatic rings. The van der Waals surface area contributed by atoms with Gasteiger partial charge in [0.05, 0.1) is 12.6 Å². The summed E-state index contributed by atoms with van der Waals surface area (Å²) in [6.07, 6.45) is 2.27. The monoisotopic (exact) mass is 211 g/mol. The third-order valence-electron chi connectivity index (χ3n) is 2.23. The number of hydrogen-bond donors (Lipinski definition) is 2. The van der Waals surface area contributed by atoms with Gasteiger partial charge in [-0.3, -0.25) is 4.79 Å². The summed E-state index contributed by atoms with van der Waals surface area (Å²) in [5, 5.41) is 10.4. The van der Waals surface area contributed by atoms with Crippen LogP contribution in [0.2, 0.25) is 0 Å². The van der Waals surface area contributed by atoms with E-state index in [2.05, 4.69) is 15.5 Å². The van der Waals surface area contributed by atoms with Crippen LogP contribution in [0.25, 0.3) is 0 Å². The SMILES string of the molecule is CCC(N)C(=O)NCc1nncn1CC. The third-order valence-corrected chi connectivity index (χ3v) is 2.23. The molecule has 6 nitrogen and oxygen atoms in total. The smallest absolute Gasteiger partial charge is 0.237 e. The maximum Gasteiger partial charge on any atom is 0.237 e. The Labute approximate surface area is 88.9 Å². The molecule has 3 N–H and O–H groups in total. The van der Waals surface area contributed by atoms with E-state index >= 15 is 0 Å². The van der Waals surface area contributed by atoms with Crippen LogP contribution in [-0.2, 0) is 17.9 Å². The average Bonchev–Trinajstić information content (AvgIpc) is 2.71. The van der Waals surface area contributed by atoms with E-state index in [0.717, 1.165) is 12.4 Å². The molecule has 84 valence electrons. The average molecular weight is 211 g/mol. The fraction of sp³-hybridized carbons (Fsp3) is 0.667. The highest BCUT2D eigenvalue weighted by Gasteiger charge is 2.11. The third kappa shape index (κ3) is 3.02. The van der Waals surface area contributed by atoms with E-state index < -0.39 is 6.04 Å². The fourth-order valence-electron chi connectivity index (χ4n) is 1.16. The standard InChI is InChI=1S/C9H17N5O/c1-3-7(10)9(15)11-5-8-13-12-6-14(8)4-2/h6-7H,3-5,10H2,1-2H3,(H,11,15). The number of nitrogens with zero attached hydrogens (tertiary/aromatic N) is 3. The van der Waals surface area contributed by atoms with E-state index in [9.17, 15) is 4.79 Å². The minimum absolute atomic E-state index is 0.150. The Hall–Kier alpha value is -1.43. The Morgan fingerprint density at radius 2 is 2.40 bits per heavy atom. The van der Waals surface area contributed by atoms with Crippen LogP contribution < -0.4 is 11.1 Å². The van der Waals surface area contributed by atoms with Crippen molar-refractivity contribution in [1.29, 1.82) is 0 Å². The summed E-state index contributed by atoms with van der Waals surface area (Å²) in [6.45, 7) is 5.03. The second-order valence-corrected chi connectivity index (χ2v) is 3.27. The lowest BCUT2D eigenvalue weighted by atomic mass is 10.2. The summed E-state index contributed by atoms with van der Waals surface area (Å²) in [4.78, 5) is 11.4. The van der Waals surface area contributed by atoms with Crippen LogP contribution in [0.15, 0.2) is 6.33 Å². The number of amides is 1. The molecule has 0 saturated heterocycles. The summed E-state index contributed by atoms with van der Waals surface area (Å²) in [5.41, 5.74) is 5.57. The van der Waals surface area contributed by atoms with Crippen molar-refractivity contribution in [2.75, 3.05) is 0 Å². The van der Waals surface area contributed by atoms with E-state index in [-0.39, 0.29) is 5.91 Å². The Bertz CT molecular complexity index is 322. The van der Waals surface area contributed by atoms with E-state index in [1.165, 1.54) is 0 Å². The summed E-state index contributed by atoms with van der Waals surface area (Å²) in [5.74, 6) is 0.595. The van der Waals surface area contributed by atoms with Gasteiger partial charge in [0.2, 0.25) is 5.91 Å². The highest BCUT2D eigenvalue weighted by molar-refractivity contribution is 5.81. The predicted octanol–water partition coefficient (Wildman–Crippen LogP) is -0.348. The van der Waals surface area contributed by atoms with Gasteiger partial charge in [0.15, 0.2) is 5.82 Å². The van der Waals surface area contributed by atoms with Gasteiger partial charge in [-0.1, -0.05) is 6.92 Å². The predicted molar refractivity (Wildman–Crippen MR) is 55.8 cm³/mol. The van der Waals surface area contributed by atoms with Gasteiger partial charge in [0, 0.05) is 6.54 Å². The van der Waals surface area contributed by atoms with Crippen LogP contribution >= 0.6 is 0 Å². The minimum Gasteiger partial charge on any atom is -0.347 e. The van der Waals surface area contributed by atoms with E-state index in [0.29, 0.717) is 13.0 Å². The molecule has 15 heavy (non-hydrogen) atoms. The largest absolute Gasteiger partial charge is 0.347 e. The molecule has 1 aromatic heterocycles. The lowest BCUT2D eigenvalue weighted by Crippen LogP contribution is -2.40. The summed E-state index contributed by atoms with van der Waals surface area (Å²) < 4.78 is 1.87. The molecule has 0 radical (unpaired) electrons. The highest BCUT2D eigenvalue weighted by Crippen LogP contribution is 1.94. The molecule has 1 amide bonds. The lowest BCUT2D eigenvalue weighted by Gasteiger charge is -2.09. The molecule has 0 saturated carbocycles. The molecule has 1 rings (SSSR count). The molecule has 0 aliphatic heterocycles. The van der Waals surface area contributed by atoms with E-state index in [4.69, 9.17) is 5.73 Å². The molecule has 0 aromatic carbocycles. The normalized spacial score (nSPS) is 12.5. The van der Waals surface area contributed by atoms with Gasteiger partial charge >= 0.3 is 0 Å². The molecule has 6 heteroatoms. The lowest BCUT2D eigenvalue weighted by molar-refractivity contribution is -0.122. The van der Waals surface area contributed by atoms with Crippen LogP contribution in [0.3, 0.4) is 0 Å². The number of carbonyl (C=O) groups is 1. The number of aryl methyl sites for hydroxylation is 1. The van der Waals surface area contributed by atoms with Gasteiger partial charge in [-0.25, -0.2) is 0 Å². The number of nitrogens with two attached hydrogens (primary N) is 1. The van der Waals surface area contributed by atoms with E-state index in [1.807, 2.05) is 18.4 Å². The molecule has 1 unspecified atom stereocenters. The van der Waals surface area contributed by atoms with Gasteiger partial charge in [0.1, 0.15) is 6.33 Å². The van der Waals surface area contributed by atoms with Crippen molar-refractivity contribution in [1.82, 2.24) is 20.1 Å². The summed E-state index contributed by atoms with van der Waals surface area (Å²) in [6, 6.07) is -0.442. The highest BCUT2D eigenvalue weighted by atomic mass is 16.2. The Morgan fingerprint density at radius 1 is 1.67 bits per heavy atom. The van der Waals surface area contributed by atoms with Crippen LogP contribution in [0.1, 0.15) is 26.1 Å². The van der Waals surface area contributed by atoms with Gasteiger partial charge in [-0.15, -0.1) is 10.2 Å². The van der Waals surface area contributed by atoms with Crippen molar-refractivity contribution >= 4 is 5.91 Å². The number of nitrogens with one attached hydrogen (secondary N) is 1. The van der Waals surface area contributed by atoms with Crippen molar-refractivity contribution in [2.24, 2.45) is 5.73 Å². The molecule has 1 heterocycles. The first-order chi connectivity index (χ1) is 7.19. The van der Waals surface area contributed by atoms with E-state index in [1.54, 1.807) is 6.33 Å². The first-order valence-corrected chi connectivity index (χ1v) is 5.09. The van der Waals surface area contributed by atoms with Crippen LogP contribution in [-0.4, -0.2) is 26.7 Å². The quantitative estimate of drug-likeness (QED) is 0.697. The molecule has 0 aliphatic rings.